The monoisotopic (exact) mass is 353 g/mol. The molecule has 0 spiro atoms. The number of hydrogen-bond acceptors (Lipinski definition) is 6. The number of nitrogens with one attached hydrogen (secondary N) is 2. The number of nitrogens with two attached hydrogens (primary N) is 1. The number of nitrogens with zero attached hydrogens (tertiary/aromatic N) is 4. The standard InChI is InChI=1S/C17H13F2N7/c18-12-3-1-2-10(14(12)19)7-21-17-24-15(23-16(20)25-17)9-4-5-13-11(6-9)8-22-26-13/h1-6,8H,7H2,(H,22,26)(H3,20,21,23,24,25). The first-order valence-electron chi connectivity index (χ1n) is 7.72. The van der Waals surface area contributed by atoms with Crippen molar-refractivity contribution in [3.05, 3.63) is 59.8 Å². The zero-order valence-corrected chi connectivity index (χ0v) is 13.4. The lowest BCUT2D eigenvalue weighted by atomic mass is 10.1. The largest absolute Gasteiger partial charge is 0.368 e. The third kappa shape index (κ3) is 3.02. The van der Waals surface area contributed by atoms with Gasteiger partial charge in [0.15, 0.2) is 17.5 Å². The summed E-state index contributed by atoms with van der Waals surface area (Å²) in [6, 6.07) is 9.51. The van der Waals surface area contributed by atoms with Crippen molar-refractivity contribution in [2.75, 3.05) is 11.1 Å². The van der Waals surface area contributed by atoms with Gasteiger partial charge in [-0.1, -0.05) is 12.1 Å². The Morgan fingerprint density at radius 3 is 2.85 bits per heavy atom. The number of rotatable bonds is 4. The fraction of sp³-hybridized carbons (Fsp3) is 0.0588. The fourth-order valence-electron chi connectivity index (χ4n) is 2.54. The molecule has 0 fully saturated rings. The van der Waals surface area contributed by atoms with E-state index in [1.54, 1.807) is 6.20 Å². The molecule has 0 atom stereocenters. The number of anilines is 2. The average Bonchev–Trinajstić information content (AvgIpc) is 3.10. The molecule has 9 heteroatoms. The Morgan fingerprint density at radius 2 is 1.96 bits per heavy atom. The minimum absolute atomic E-state index is 0.00719. The second-order valence-electron chi connectivity index (χ2n) is 5.58. The Labute approximate surface area is 146 Å². The summed E-state index contributed by atoms with van der Waals surface area (Å²) in [7, 11) is 0. The molecule has 2 aromatic carbocycles. The highest BCUT2D eigenvalue weighted by atomic mass is 19.2. The van der Waals surface area contributed by atoms with Gasteiger partial charge in [-0.25, -0.2) is 8.78 Å². The van der Waals surface area contributed by atoms with Gasteiger partial charge in [-0.3, -0.25) is 5.10 Å². The predicted molar refractivity (Wildman–Crippen MR) is 93.0 cm³/mol. The number of benzene rings is 2. The third-order valence-electron chi connectivity index (χ3n) is 3.82. The fourth-order valence-corrected chi connectivity index (χ4v) is 2.54. The van der Waals surface area contributed by atoms with Crippen LogP contribution in [0, 0.1) is 11.6 Å². The lowest BCUT2D eigenvalue weighted by Crippen LogP contribution is -2.09. The van der Waals surface area contributed by atoms with Crippen molar-refractivity contribution in [3.63, 3.8) is 0 Å². The number of aromatic nitrogens is 5. The predicted octanol–water partition coefficient (Wildman–Crippen LogP) is 2.89. The lowest BCUT2D eigenvalue weighted by Gasteiger charge is -2.08. The summed E-state index contributed by atoms with van der Waals surface area (Å²) in [6.07, 6.45) is 1.69. The summed E-state index contributed by atoms with van der Waals surface area (Å²) in [5, 5.41) is 10.6. The van der Waals surface area contributed by atoms with Crippen molar-refractivity contribution in [1.82, 2.24) is 25.1 Å². The summed E-state index contributed by atoms with van der Waals surface area (Å²) < 4.78 is 27.0. The minimum atomic E-state index is -0.910. The van der Waals surface area contributed by atoms with Crippen molar-refractivity contribution in [2.24, 2.45) is 0 Å². The van der Waals surface area contributed by atoms with Crippen LogP contribution in [0.3, 0.4) is 0 Å². The van der Waals surface area contributed by atoms with E-state index in [0.717, 1.165) is 22.5 Å². The number of halogens is 2. The van der Waals surface area contributed by atoms with E-state index in [2.05, 4.69) is 30.5 Å². The first-order chi connectivity index (χ1) is 12.6. The molecular weight excluding hydrogens is 340 g/mol. The van der Waals surface area contributed by atoms with Gasteiger partial charge >= 0.3 is 0 Å². The maximum Gasteiger partial charge on any atom is 0.228 e. The van der Waals surface area contributed by atoms with Crippen LogP contribution in [-0.4, -0.2) is 25.1 Å². The SMILES string of the molecule is Nc1nc(NCc2cccc(F)c2F)nc(-c2ccc3[nH]ncc3c2)n1. The van der Waals surface area contributed by atoms with E-state index >= 15 is 0 Å². The molecule has 0 unspecified atom stereocenters. The van der Waals surface area contributed by atoms with Crippen LogP contribution in [0.1, 0.15) is 5.56 Å². The summed E-state index contributed by atoms with van der Waals surface area (Å²) in [5.74, 6) is -1.27. The molecule has 26 heavy (non-hydrogen) atoms. The quantitative estimate of drug-likeness (QED) is 0.521. The molecule has 0 saturated carbocycles. The van der Waals surface area contributed by atoms with E-state index in [-0.39, 0.29) is 24.0 Å². The molecule has 0 amide bonds. The van der Waals surface area contributed by atoms with Crippen LogP contribution in [0.2, 0.25) is 0 Å². The van der Waals surface area contributed by atoms with Crippen molar-refractivity contribution in [3.8, 4) is 11.4 Å². The van der Waals surface area contributed by atoms with Gasteiger partial charge in [0.05, 0.1) is 11.7 Å². The zero-order chi connectivity index (χ0) is 18.1. The molecule has 2 heterocycles. The van der Waals surface area contributed by atoms with Gasteiger partial charge in [-0.15, -0.1) is 0 Å². The lowest BCUT2D eigenvalue weighted by molar-refractivity contribution is 0.500. The van der Waals surface area contributed by atoms with Crippen LogP contribution in [0.15, 0.2) is 42.6 Å². The minimum Gasteiger partial charge on any atom is -0.368 e. The maximum atomic E-state index is 13.7. The van der Waals surface area contributed by atoms with E-state index in [4.69, 9.17) is 5.73 Å². The van der Waals surface area contributed by atoms with E-state index in [1.165, 1.54) is 12.1 Å². The molecule has 0 aliphatic rings. The summed E-state index contributed by atoms with van der Waals surface area (Å²) in [6.45, 7) is 0.00719. The number of aromatic amines is 1. The van der Waals surface area contributed by atoms with Crippen LogP contribution in [0.4, 0.5) is 20.7 Å². The maximum absolute atomic E-state index is 13.7. The van der Waals surface area contributed by atoms with Crippen molar-refractivity contribution in [2.45, 2.75) is 6.54 Å². The second kappa shape index (κ2) is 6.36. The highest BCUT2D eigenvalue weighted by Gasteiger charge is 2.11. The molecule has 4 rings (SSSR count). The van der Waals surface area contributed by atoms with E-state index in [9.17, 15) is 8.78 Å². The van der Waals surface area contributed by atoms with E-state index in [1.807, 2.05) is 18.2 Å². The van der Waals surface area contributed by atoms with Crippen LogP contribution < -0.4 is 11.1 Å². The van der Waals surface area contributed by atoms with Gasteiger partial charge in [-0.2, -0.15) is 20.1 Å². The Kier molecular flexibility index (Phi) is 3.88. The van der Waals surface area contributed by atoms with Gasteiger partial charge in [0.2, 0.25) is 11.9 Å². The van der Waals surface area contributed by atoms with Gasteiger partial charge in [0, 0.05) is 23.1 Å². The molecule has 0 saturated heterocycles. The van der Waals surface area contributed by atoms with Gasteiger partial charge in [0.1, 0.15) is 0 Å². The molecule has 4 N–H and O–H groups in total. The highest BCUT2D eigenvalue weighted by Crippen LogP contribution is 2.22. The molecule has 0 bridgehead atoms. The topological polar surface area (TPSA) is 105 Å². The molecule has 4 aromatic rings. The van der Waals surface area contributed by atoms with E-state index < -0.39 is 11.6 Å². The Morgan fingerprint density at radius 1 is 1.08 bits per heavy atom. The van der Waals surface area contributed by atoms with Crippen molar-refractivity contribution >= 4 is 22.8 Å². The second-order valence-corrected chi connectivity index (χ2v) is 5.58. The Hall–Kier alpha value is -3.62. The Balaban J connectivity index is 1.62. The third-order valence-corrected chi connectivity index (χ3v) is 3.82. The van der Waals surface area contributed by atoms with Crippen molar-refractivity contribution < 1.29 is 8.78 Å². The smallest absolute Gasteiger partial charge is 0.228 e. The van der Waals surface area contributed by atoms with Crippen LogP contribution >= 0.6 is 0 Å². The molecule has 130 valence electrons. The average molecular weight is 353 g/mol. The molecule has 0 radical (unpaired) electrons. The first kappa shape index (κ1) is 15.9. The van der Waals surface area contributed by atoms with Crippen molar-refractivity contribution in [1.29, 1.82) is 0 Å². The number of fused-ring (bicyclic) bond motifs is 1. The molecule has 0 aliphatic carbocycles. The van der Waals surface area contributed by atoms with Crippen LogP contribution in [0.5, 0.6) is 0 Å². The summed E-state index contributed by atoms with van der Waals surface area (Å²) >= 11 is 0. The van der Waals surface area contributed by atoms with Gasteiger partial charge < -0.3 is 11.1 Å². The van der Waals surface area contributed by atoms with Gasteiger partial charge in [0.25, 0.3) is 0 Å². The Bertz CT molecular complexity index is 1090. The highest BCUT2D eigenvalue weighted by molar-refractivity contribution is 5.82. The zero-order valence-electron chi connectivity index (χ0n) is 13.4. The first-order valence-corrected chi connectivity index (χ1v) is 7.72. The van der Waals surface area contributed by atoms with Crippen LogP contribution in [0.25, 0.3) is 22.3 Å². The summed E-state index contributed by atoms with van der Waals surface area (Å²) in [5.41, 5.74) is 7.53. The molecule has 7 nitrogen and oxygen atoms in total. The number of hydrogen-bond donors (Lipinski definition) is 3. The van der Waals surface area contributed by atoms with Gasteiger partial charge in [-0.05, 0) is 24.3 Å². The molecule has 0 aliphatic heterocycles. The van der Waals surface area contributed by atoms with Crippen LogP contribution in [-0.2, 0) is 6.54 Å². The molecule has 2 aromatic heterocycles. The molecular formula is C17H13F2N7. The number of H-pyrrole nitrogens is 1. The van der Waals surface area contributed by atoms with E-state index in [0.29, 0.717) is 5.82 Å². The number of nitrogen functional groups attached to an aromatic ring is 1. The summed E-state index contributed by atoms with van der Waals surface area (Å²) in [4.78, 5) is 12.4. The normalized spacial score (nSPS) is 11.0.